The predicted octanol–water partition coefficient (Wildman–Crippen LogP) is 0.652. The molecule has 98 valence electrons. The van der Waals surface area contributed by atoms with Gasteiger partial charge in [0.05, 0.1) is 10.8 Å². The molecule has 0 radical (unpaired) electrons. The summed E-state index contributed by atoms with van der Waals surface area (Å²) in [6.45, 7) is 2.88. The number of rotatable bonds is 8. The van der Waals surface area contributed by atoms with Crippen LogP contribution in [0.4, 0.5) is 0 Å². The van der Waals surface area contributed by atoms with Crippen molar-refractivity contribution in [1.82, 2.24) is 9.71 Å². The van der Waals surface area contributed by atoms with Crippen LogP contribution in [0.5, 0.6) is 0 Å². The van der Waals surface area contributed by atoms with E-state index in [0.29, 0.717) is 25.9 Å². The summed E-state index contributed by atoms with van der Waals surface area (Å²) < 4.78 is 25.6. The molecule has 0 aromatic carbocycles. The van der Waals surface area contributed by atoms with Crippen molar-refractivity contribution < 1.29 is 8.42 Å². The first-order valence-corrected chi connectivity index (χ1v) is 8.15. The smallest absolute Gasteiger partial charge is 0.211 e. The van der Waals surface area contributed by atoms with Crippen LogP contribution >= 0.6 is 11.3 Å². The monoisotopic (exact) mass is 277 g/mol. The fourth-order valence-electron chi connectivity index (χ4n) is 1.34. The molecule has 7 heteroatoms. The lowest BCUT2D eigenvalue weighted by Crippen LogP contribution is -2.28. The van der Waals surface area contributed by atoms with Gasteiger partial charge in [0.25, 0.3) is 0 Å². The van der Waals surface area contributed by atoms with Crippen molar-refractivity contribution >= 4 is 21.4 Å². The van der Waals surface area contributed by atoms with Gasteiger partial charge in [0.2, 0.25) is 10.0 Å². The topological polar surface area (TPSA) is 85.1 Å². The number of unbranched alkanes of at least 4 members (excludes halogenated alkanes) is 1. The molecule has 0 bridgehead atoms. The van der Waals surface area contributed by atoms with Crippen LogP contribution in [-0.4, -0.2) is 32.2 Å². The van der Waals surface area contributed by atoms with E-state index in [1.54, 1.807) is 11.3 Å². The number of hydrogen-bond donors (Lipinski definition) is 2. The van der Waals surface area contributed by atoms with Crippen molar-refractivity contribution in [3.05, 3.63) is 16.1 Å². The molecular formula is C10H19N3O2S2. The van der Waals surface area contributed by atoms with E-state index in [-0.39, 0.29) is 5.75 Å². The lowest BCUT2D eigenvalue weighted by molar-refractivity contribution is 0.577. The van der Waals surface area contributed by atoms with Crippen molar-refractivity contribution in [2.24, 2.45) is 5.73 Å². The van der Waals surface area contributed by atoms with E-state index < -0.39 is 10.0 Å². The Kier molecular flexibility index (Phi) is 6.04. The van der Waals surface area contributed by atoms with Gasteiger partial charge in [-0.05, 0) is 26.3 Å². The van der Waals surface area contributed by atoms with Crippen molar-refractivity contribution in [3.8, 4) is 0 Å². The van der Waals surface area contributed by atoms with Crippen LogP contribution < -0.4 is 10.5 Å². The molecule has 17 heavy (non-hydrogen) atoms. The normalized spacial score (nSPS) is 11.9. The highest BCUT2D eigenvalue weighted by Gasteiger charge is 2.09. The van der Waals surface area contributed by atoms with Gasteiger partial charge in [-0.15, -0.1) is 11.3 Å². The first-order chi connectivity index (χ1) is 8.03. The average Bonchev–Trinajstić information content (AvgIpc) is 2.64. The fourth-order valence-corrected chi connectivity index (χ4v) is 3.26. The second-order valence-corrected chi connectivity index (χ2v) is 6.71. The molecule has 1 rings (SSSR count). The van der Waals surface area contributed by atoms with Crippen molar-refractivity contribution in [2.45, 2.75) is 26.2 Å². The van der Waals surface area contributed by atoms with Gasteiger partial charge in [0, 0.05) is 24.0 Å². The van der Waals surface area contributed by atoms with Crippen LogP contribution in [0.3, 0.4) is 0 Å². The summed E-state index contributed by atoms with van der Waals surface area (Å²) >= 11 is 1.56. The molecule has 0 aliphatic carbocycles. The van der Waals surface area contributed by atoms with E-state index in [2.05, 4.69) is 9.71 Å². The van der Waals surface area contributed by atoms with Crippen molar-refractivity contribution in [3.63, 3.8) is 0 Å². The van der Waals surface area contributed by atoms with Gasteiger partial charge in [0.1, 0.15) is 0 Å². The number of nitrogens with one attached hydrogen (secondary N) is 1. The SMILES string of the molecule is Cc1csc(CCNS(=O)(=O)CCCCN)n1. The van der Waals surface area contributed by atoms with Gasteiger partial charge >= 0.3 is 0 Å². The molecule has 3 N–H and O–H groups in total. The average molecular weight is 277 g/mol. The zero-order valence-electron chi connectivity index (χ0n) is 9.98. The number of nitrogens with two attached hydrogens (primary N) is 1. The lowest BCUT2D eigenvalue weighted by atomic mass is 10.3. The Morgan fingerprint density at radius 2 is 2.24 bits per heavy atom. The third-order valence-corrected chi connectivity index (χ3v) is 4.69. The minimum absolute atomic E-state index is 0.154. The Bertz CT molecular complexity index is 429. The van der Waals surface area contributed by atoms with E-state index in [1.807, 2.05) is 12.3 Å². The summed E-state index contributed by atoms with van der Waals surface area (Å²) in [5.41, 5.74) is 6.30. The summed E-state index contributed by atoms with van der Waals surface area (Å²) in [6, 6.07) is 0. The number of nitrogens with zero attached hydrogens (tertiary/aromatic N) is 1. The lowest BCUT2D eigenvalue weighted by Gasteiger charge is -2.04. The Hall–Kier alpha value is -0.500. The van der Waals surface area contributed by atoms with Crippen molar-refractivity contribution in [1.29, 1.82) is 0 Å². The quantitative estimate of drug-likeness (QED) is 0.683. The van der Waals surface area contributed by atoms with E-state index in [0.717, 1.165) is 17.1 Å². The molecule has 0 fully saturated rings. The summed E-state index contributed by atoms with van der Waals surface area (Å²) in [4.78, 5) is 4.27. The number of aromatic nitrogens is 1. The first-order valence-electron chi connectivity index (χ1n) is 5.62. The number of sulfonamides is 1. The Morgan fingerprint density at radius 3 is 2.82 bits per heavy atom. The molecule has 0 saturated heterocycles. The summed E-state index contributed by atoms with van der Waals surface area (Å²) in [5, 5.41) is 2.93. The molecule has 1 heterocycles. The zero-order chi connectivity index (χ0) is 12.7. The van der Waals surface area contributed by atoms with Crippen LogP contribution in [-0.2, 0) is 16.4 Å². The molecule has 0 spiro atoms. The maximum absolute atomic E-state index is 11.5. The number of thiazole rings is 1. The first kappa shape index (κ1) is 14.6. The molecule has 0 amide bonds. The standard InChI is InChI=1S/C10H19N3O2S2/c1-9-8-16-10(13-9)4-6-12-17(14,15)7-3-2-5-11/h8,12H,2-7,11H2,1H3. The second-order valence-electron chi connectivity index (χ2n) is 3.84. The molecule has 0 aliphatic rings. The van der Waals surface area contributed by atoms with Crippen LogP contribution in [0.25, 0.3) is 0 Å². The largest absolute Gasteiger partial charge is 0.330 e. The predicted molar refractivity (Wildman–Crippen MR) is 70.6 cm³/mol. The second kappa shape index (κ2) is 7.05. The molecule has 1 aromatic rings. The molecule has 0 aliphatic heterocycles. The zero-order valence-corrected chi connectivity index (χ0v) is 11.6. The maximum Gasteiger partial charge on any atom is 0.211 e. The summed E-state index contributed by atoms with van der Waals surface area (Å²) in [5.74, 6) is 0.154. The van der Waals surface area contributed by atoms with Crippen LogP contribution in [0.1, 0.15) is 23.5 Å². The Labute approximate surface area is 106 Å². The minimum Gasteiger partial charge on any atom is -0.330 e. The van der Waals surface area contributed by atoms with Gasteiger partial charge < -0.3 is 5.73 Å². The van der Waals surface area contributed by atoms with Crippen LogP contribution in [0.15, 0.2) is 5.38 Å². The van der Waals surface area contributed by atoms with E-state index in [4.69, 9.17) is 5.73 Å². The van der Waals surface area contributed by atoms with Gasteiger partial charge in [-0.1, -0.05) is 0 Å². The highest BCUT2D eigenvalue weighted by atomic mass is 32.2. The van der Waals surface area contributed by atoms with Gasteiger partial charge in [-0.2, -0.15) is 0 Å². The fraction of sp³-hybridized carbons (Fsp3) is 0.700. The van der Waals surface area contributed by atoms with E-state index in [9.17, 15) is 8.42 Å². The summed E-state index contributed by atoms with van der Waals surface area (Å²) in [6.07, 6.45) is 2.00. The Morgan fingerprint density at radius 1 is 1.47 bits per heavy atom. The third-order valence-electron chi connectivity index (χ3n) is 2.19. The van der Waals surface area contributed by atoms with Crippen LogP contribution in [0, 0.1) is 6.92 Å². The third kappa shape index (κ3) is 6.11. The Balaban J connectivity index is 2.25. The summed E-state index contributed by atoms with van der Waals surface area (Å²) in [7, 11) is -3.15. The van der Waals surface area contributed by atoms with Crippen LogP contribution in [0.2, 0.25) is 0 Å². The molecule has 0 atom stereocenters. The highest BCUT2D eigenvalue weighted by molar-refractivity contribution is 7.89. The maximum atomic E-state index is 11.5. The molecule has 0 saturated carbocycles. The van der Waals surface area contributed by atoms with E-state index >= 15 is 0 Å². The number of hydrogen-bond acceptors (Lipinski definition) is 5. The van der Waals surface area contributed by atoms with Gasteiger partial charge in [0.15, 0.2) is 0 Å². The van der Waals surface area contributed by atoms with Crippen molar-refractivity contribution in [2.75, 3.05) is 18.8 Å². The highest BCUT2D eigenvalue weighted by Crippen LogP contribution is 2.08. The molecule has 0 unspecified atom stereocenters. The molecular weight excluding hydrogens is 258 g/mol. The van der Waals surface area contributed by atoms with Gasteiger partial charge in [-0.25, -0.2) is 18.1 Å². The molecule has 5 nitrogen and oxygen atoms in total. The molecule has 1 aromatic heterocycles. The number of aryl methyl sites for hydroxylation is 1. The minimum atomic E-state index is -3.15. The van der Waals surface area contributed by atoms with E-state index in [1.165, 1.54) is 0 Å². The van der Waals surface area contributed by atoms with Gasteiger partial charge in [-0.3, -0.25) is 0 Å².